The van der Waals surface area contributed by atoms with Gasteiger partial charge in [0.15, 0.2) is 0 Å². The molecule has 1 aromatic rings. The van der Waals surface area contributed by atoms with Crippen LogP contribution in [0.25, 0.3) is 0 Å². The van der Waals surface area contributed by atoms with Crippen LogP contribution < -0.4 is 10.0 Å². The molecule has 20 heavy (non-hydrogen) atoms. The van der Waals surface area contributed by atoms with E-state index in [0.717, 1.165) is 43.9 Å². The summed E-state index contributed by atoms with van der Waals surface area (Å²) >= 11 is 1.35. The predicted molar refractivity (Wildman–Crippen MR) is 82.5 cm³/mol. The van der Waals surface area contributed by atoms with Gasteiger partial charge in [0.05, 0.1) is 0 Å². The molecule has 1 atom stereocenters. The van der Waals surface area contributed by atoms with Gasteiger partial charge < -0.3 is 10.2 Å². The molecule has 2 heterocycles. The molecule has 1 fully saturated rings. The molecule has 0 spiro atoms. The zero-order valence-corrected chi connectivity index (χ0v) is 13.7. The van der Waals surface area contributed by atoms with Crippen molar-refractivity contribution in [2.75, 3.05) is 26.7 Å². The maximum atomic E-state index is 12.3. The minimum atomic E-state index is -3.36. The van der Waals surface area contributed by atoms with Gasteiger partial charge in [0.25, 0.3) is 0 Å². The largest absolute Gasteiger partial charge is 0.312 e. The van der Waals surface area contributed by atoms with E-state index in [0.29, 0.717) is 4.21 Å². The van der Waals surface area contributed by atoms with Crippen LogP contribution in [0.15, 0.2) is 16.3 Å². The highest BCUT2D eigenvalue weighted by atomic mass is 32.2. The van der Waals surface area contributed by atoms with Crippen LogP contribution in [-0.2, 0) is 16.6 Å². The van der Waals surface area contributed by atoms with Crippen LogP contribution in [0, 0.1) is 0 Å². The maximum absolute atomic E-state index is 12.3. The molecule has 1 aliphatic heterocycles. The molecule has 7 heteroatoms. The first-order chi connectivity index (χ1) is 9.51. The molecule has 0 aliphatic carbocycles. The highest BCUT2D eigenvalue weighted by Crippen LogP contribution is 2.22. The van der Waals surface area contributed by atoms with Crippen LogP contribution in [0.1, 0.15) is 24.6 Å². The van der Waals surface area contributed by atoms with E-state index in [1.54, 1.807) is 6.07 Å². The monoisotopic (exact) mass is 317 g/mol. The summed E-state index contributed by atoms with van der Waals surface area (Å²) in [5, 5.41) is 3.28. The Morgan fingerprint density at radius 3 is 2.90 bits per heavy atom. The van der Waals surface area contributed by atoms with Gasteiger partial charge in [-0.15, -0.1) is 11.3 Å². The average Bonchev–Trinajstić information content (AvgIpc) is 2.99. The fraction of sp³-hybridized carbons (Fsp3) is 0.692. The highest BCUT2D eigenvalue weighted by molar-refractivity contribution is 7.91. The van der Waals surface area contributed by atoms with Crippen LogP contribution in [0.4, 0.5) is 0 Å². The summed E-state index contributed by atoms with van der Waals surface area (Å²) in [5.41, 5.74) is 0. The highest BCUT2D eigenvalue weighted by Gasteiger charge is 2.26. The Morgan fingerprint density at radius 2 is 2.25 bits per heavy atom. The number of likely N-dealkylation sites (tertiary alicyclic amines) is 1. The molecule has 0 bridgehead atoms. The van der Waals surface area contributed by atoms with Crippen molar-refractivity contribution < 1.29 is 8.42 Å². The molecule has 1 aliphatic rings. The smallest absolute Gasteiger partial charge is 0.250 e. The summed E-state index contributed by atoms with van der Waals surface area (Å²) in [6.45, 7) is 5.53. The summed E-state index contributed by atoms with van der Waals surface area (Å²) in [5.74, 6) is 0. The van der Waals surface area contributed by atoms with Gasteiger partial charge in [0, 0.05) is 24.0 Å². The topological polar surface area (TPSA) is 61.4 Å². The Labute approximate surface area is 125 Å². The zero-order valence-electron chi connectivity index (χ0n) is 12.1. The molecule has 0 aromatic carbocycles. The Bertz CT molecular complexity index is 527. The number of nitrogens with one attached hydrogen (secondary N) is 2. The number of hydrogen-bond acceptors (Lipinski definition) is 5. The van der Waals surface area contributed by atoms with Crippen LogP contribution >= 0.6 is 11.3 Å². The zero-order chi connectivity index (χ0) is 14.6. The van der Waals surface area contributed by atoms with Crippen molar-refractivity contribution in [3.63, 3.8) is 0 Å². The van der Waals surface area contributed by atoms with Gasteiger partial charge in [-0.1, -0.05) is 6.92 Å². The lowest BCUT2D eigenvalue weighted by atomic mass is 10.3. The lowest BCUT2D eigenvalue weighted by Gasteiger charge is -2.12. The van der Waals surface area contributed by atoms with Gasteiger partial charge in [-0.25, -0.2) is 13.1 Å². The summed E-state index contributed by atoms with van der Waals surface area (Å²) in [6, 6.07) is 3.63. The Hall–Kier alpha value is -0.470. The van der Waals surface area contributed by atoms with Crippen LogP contribution in [-0.4, -0.2) is 46.0 Å². The van der Waals surface area contributed by atoms with Crippen molar-refractivity contribution in [2.24, 2.45) is 0 Å². The molecule has 5 nitrogen and oxygen atoms in total. The van der Waals surface area contributed by atoms with Gasteiger partial charge in [-0.2, -0.15) is 0 Å². The fourth-order valence-corrected chi connectivity index (χ4v) is 4.90. The van der Waals surface area contributed by atoms with E-state index in [9.17, 15) is 8.42 Å². The number of rotatable bonds is 7. The van der Waals surface area contributed by atoms with E-state index in [-0.39, 0.29) is 6.04 Å². The molecule has 2 N–H and O–H groups in total. The van der Waals surface area contributed by atoms with Gasteiger partial charge in [0.1, 0.15) is 4.21 Å². The Balaban J connectivity index is 1.95. The molecule has 1 aromatic heterocycles. The summed E-state index contributed by atoms with van der Waals surface area (Å²) in [4.78, 5) is 3.20. The van der Waals surface area contributed by atoms with Crippen LogP contribution in [0.5, 0.6) is 0 Å². The minimum absolute atomic E-state index is 0.0359. The van der Waals surface area contributed by atoms with E-state index in [4.69, 9.17) is 0 Å². The first kappa shape index (κ1) is 15.9. The van der Waals surface area contributed by atoms with Gasteiger partial charge >= 0.3 is 0 Å². The van der Waals surface area contributed by atoms with E-state index in [1.165, 1.54) is 11.3 Å². The van der Waals surface area contributed by atoms with Crippen LogP contribution in [0.2, 0.25) is 0 Å². The van der Waals surface area contributed by atoms with E-state index >= 15 is 0 Å². The summed E-state index contributed by atoms with van der Waals surface area (Å²) in [6.07, 6.45) is 1.96. The van der Waals surface area contributed by atoms with Crippen molar-refractivity contribution in [1.29, 1.82) is 0 Å². The second-order valence-electron chi connectivity index (χ2n) is 5.27. The lowest BCUT2D eigenvalue weighted by molar-refractivity contribution is 0.407. The molecule has 0 amide bonds. The third-order valence-electron chi connectivity index (χ3n) is 3.34. The number of nitrogens with zero attached hydrogens (tertiary/aromatic N) is 1. The Kier molecular flexibility index (Phi) is 5.57. The van der Waals surface area contributed by atoms with Gasteiger partial charge in [-0.05, 0) is 45.1 Å². The molecule has 1 saturated heterocycles. The van der Waals surface area contributed by atoms with Crippen molar-refractivity contribution in [3.05, 3.63) is 17.0 Å². The molecular formula is C13H23N3O2S2. The van der Waals surface area contributed by atoms with Crippen LogP contribution in [0.3, 0.4) is 0 Å². The van der Waals surface area contributed by atoms with Crippen molar-refractivity contribution in [3.8, 4) is 0 Å². The average molecular weight is 317 g/mol. The molecule has 1 unspecified atom stereocenters. The lowest BCUT2D eigenvalue weighted by Crippen LogP contribution is -2.36. The molecular weight excluding hydrogens is 294 g/mol. The fourth-order valence-electron chi connectivity index (χ4n) is 2.29. The summed E-state index contributed by atoms with van der Waals surface area (Å²) < 4.78 is 27.8. The number of likely N-dealkylation sites (N-methyl/N-ethyl adjacent to an activating group) is 1. The van der Waals surface area contributed by atoms with E-state index in [2.05, 4.69) is 21.9 Å². The number of hydrogen-bond donors (Lipinski definition) is 2. The first-order valence-corrected chi connectivity index (χ1v) is 9.31. The van der Waals surface area contributed by atoms with E-state index in [1.807, 2.05) is 13.1 Å². The molecule has 0 saturated carbocycles. The SMILES string of the molecule is CCCNCc1ccc(S(=O)(=O)NC2CCN(C)C2)s1. The second-order valence-corrected chi connectivity index (χ2v) is 8.38. The maximum Gasteiger partial charge on any atom is 0.250 e. The minimum Gasteiger partial charge on any atom is -0.312 e. The normalized spacial score (nSPS) is 20.6. The molecule has 2 rings (SSSR count). The van der Waals surface area contributed by atoms with Gasteiger partial charge in [0.2, 0.25) is 10.0 Å². The second kappa shape index (κ2) is 7.00. The van der Waals surface area contributed by atoms with Gasteiger partial charge in [-0.3, -0.25) is 0 Å². The van der Waals surface area contributed by atoms with Crippen molar-refractivity contribution in [1.82, 2.24) is 14.9 Å². The number of thiophene rings is 1. The molecule has 0 radical (unpaired) electrons. The Morgan fingerprint density at radius 1 is 1.45 bits per heavy atom. The quantitative estimate of drug-likeness (QED) is 0.743. The van der Waals surface area contributed by atoms with E-state index < -0.39 is 10.0 Å². The number of sulfonamides is 1. The first-order valence-electron chi connectivity index (χ1n) is 7.01. The third kappa shape index (κ3) is 4.26. The van der Waals surface area contributed by atoms with Crippen molar-refractivity contribution >= 4 is 21.4 Å². The van der Waals surface area contributed by atoms with Crippen molar-refractivity contribution in [2.45, 2.75) is 36.6 Å². The summed E-state index contributed by atoms with van der Waals surface area (Å²) in [7, 11) is -1.35. The third-order valence-corrected chi connectivity index (χ3v) is 6.44. The molecule has 114 valence electrons. The predicted octanol–water partition coefficient (Wildman–Crippen LogP) is 1.23. The standard InChI is InChI=1S/C13H23N3O2S2/c1-3-7-14-9-12-4-5-13(19-12)20(17,18)15-11-6-8-16(2)10-11/h4-5,11,14-15H,3,6-10H2,1-2H3.